The van der Waals surface area contributed by atoms with Gasteiger partial charge in [0.1, 0.15) is 5.15 Å². The molecule has 0 fully saturated rings. The van der Waals surface area contributed by atoms with Crippen molar-refractivity contribution < 1.29 is 5.11 Å². The predicted octanol–water partition coefficient (Wildman–Crippen LogP) is 4.91. The Morgan fingerprint density at radius 1 is 1.17 bits per heavy atom. The molecule has 1 aromatic rings. The number of hydrogen-bond acceptors (Lipinski definition) is 2. The van der Waals surface area contributed by atoms with Crippen LogP contribution < -0.4 is 0 Å². The van der Waals surface area contributed by atoms with Gasteiger partial charge in [-0.2, -0.15) is 0 Å². The van der Waals surface area contributed by atoms with Crippen molar-refractivity contribution in [2.45, 2.75) is 64.4 Å². The van der Waals surface area contributed by atoms with E-state index >= 15 is 0 Å². The van der Waals surface area contributed by atoms with E-state index in [1.54, 1.807) is 12.3 Å². The Morgan fingerprint density at radius 3 is 2.50 bits per heavy atom. The fourth-order valence-corrected chi connectivity index (χ4v) is 2.27. The molecule has 1 rings (SSSR count). The van der Waals surface area contributed by atoms with Crippen LogP contribution in [0.2, 0.25) is 5.15 Å². The van der Waals surface area contributed by atoms with Gasteiger partial charge < -0.3 is 5.11 Å². The van der Waals surface area contributed by atoms with Gasteiger partial charge in [0.05, 0.1) is 6.10 Å². The van der Waals surface area contributed by atoms with Crippen LogP contribution in [0.15, 0.2) is 18.3 Å². The highest BCUT2D eigenvalue weighted by Gasteiger charge is 2.07. The van der Waals surface area contributed by atoms with Gasteiger partial charge in [-0.25, -0.2) is 4.98 Å². The quantitative estimate of drug-likeness (QED) is 0.510. The highest BCUT2D eigenvalue weighted by atomic mass is 35.5. The normalized spacial score (nSPS) is 12.6. The number of aromatic nitrogens is 1. The SMILES string of the molecule is CCCCCCCCCC(O)c1ccnc(Cl)c1. The molecule has 0 aromatic carbocycles. The summed E-state index contributed by atoms with van der Waals surface area (Å²) in [6, 6.07) is 3.57. The Morgan fingerprint density at radius 2 is 1.83 bits per heavy atom. The van der Waals surface area contributed by atoms with Crippen LogP contribution in [0.5, 0.6) is 0 Å². The zero-order chi connectivity index (χ0) is 13.2. The third-order valence-electron chi connectivity index (χ3n) is 3.22. The van der Waals surface area contributed by atoms with Crippen molar-refractivity contribution in [3.05, 3.63) is 29.0 Å². The fraction of sp³-hybridized carbons (Fsp3) is 0.667. The first-order chi connectivity index (χ1) is 8.74. The molecular weight excluding hydrogens is 246 g/mol. The smallest absolute Gasteiger partial charge is 0.129 e. The molecule has 0 aliphatic heterocycles. The van der Waals surface area contributed by atoms with Gasteiger partial charge in [0.25, 0.3) is 0 Å². The fourth-order valence-electron chi connectivity index (χ4n) is 2.09. The van der Waals surface area contributed by atoms with Crippen LogP contribution in [0.3, 0.4) is 0 Å². The second-order valence-electron chi connectivity index (χ2n) is 4.84. The molecule has 0 aliphatic carbocycles. The van der Waals surface area contributed by atoms with Crippen molar-refractivity contribution in [2.75, 3.05) is 0 Å². The Hall–Kier alpha value is -0.600. The minimum atomic E-state index is -0.402. The molecule has 1 heterocycles. The molecule has 1 aromatic heterocycles. The Kier molecular flexibility index (Phi) is 8.03. The maximum absolute atomic E-state index is 10.00. The first kappa shape index (κ1) is 15.5. The van der Waals surface area contributed by atoms with Gasteiger partial charge in [0.15, 0.2) is 0 Å². The van der Waals surface area contributed by atoms with Crippen LogP contribution in [0.4, 0.5) is 0 Å². The highest BCUT2D eigenvalue weighted by Crippen LogP contribution is 2.21. The molecule has 1 atom stereocenters. The average molecular weight is 270 g/mol. The maximum Gasteiger partial charge on any atom is 0.129 e. The van der Waals surface area contributed by atoms with Crippen molar-refractivity contribution in [1.82, 2.24) is 4.98 Å². The van der Waals surface area contributed by atoms with Gasteiger partial charge in [-0.15, -0.1) is 0 Å². The number of nitrogens with zero attached hydrogens (tertiary/aromatic N) is 1. The van der Waals surface area contributed by atoms with Gasteiger partial charge >= 0.3 is 0 Å². The number of aliphatic hydroxyl groups excluding tert-OH is 1. The molecule has 18 heavy (non-hydrogen) atoms. The second kappa shape index (κ2) is 9.35. The average Bonchev–Trinajstić information content (AvgIpc) is 2.37. The number of aliphatic hydroxyl groups is 1. The summed E-state index contributed by atoms with van der Waals surface area (Å²) >= 11 is 5.80. The van der Waals surface area contributed by atoms with E-state index in [4.69, 9.17) is 11.6 Å². The summed E-state index contributed by atoms with van der Waals surface area (Å²) in [5, 5.41) is 10.4. The lowest BCUT2D eigenvalue weighted by molar-refractivity contribution is 0.163. The predicted molar refractivity (Wildman–Crippen MR) is 76.8 cm³/mol. The van der Waals surface area contributed by atoms with E-state index in [2.05, 4.69) is 11.9 Å². The van der Waals surface area contributed by atoms with E-state index < -0.39 is 6.10 Å². The maximum atomic E-state index is 10.00. The summed E-state index contributed by atoms with van der Waals surface area (Å²) in [5.74, 6) is 0. The summed E-state index contributed by atoms with van der Waals surface area (Å²) in [4.78, 5) is 3.91. The van der Waals surface area contributed by atoms with Crippen LogP contribution in [-0.4, -0.2) is 10.1 Å². The molecule has 0 spiro atoms. The summed E-state index contributed by atoms with van der Waals surface area (Å²) in [6.45, 7) is 2.23. The third-order valence-corrected chi connectivity index (χ3v) is 3.42. The Balaban J connectivity index is 2.12. The molecule has 0 amide bonds. The van der Waals surface area contributed by atoms with Crippen molar-refractivity contribution >= 4 is 11.6 Å². The van der Waals surface area contributed by atoms with Crippen molar-refractivity contribution in [1.29, 1.82) is 0 Å². The molecule has 102 valence electrons. The molecule has 0 saturated carbocycles. The number of hydrogen-bond donors (Lipinski definition) is 1. The lowest BCUT2D eigenvalue weighted by atomic mass is 10.0. The summed E-state index contributed by atoms with van der Waals surface area (Å²) < 4.78 is 0. The van der Waals surface area contributed by atoms with Gasteiger partial charge in [0.2, 0.25) is 0 Å². The number of rotatable bonds is 9. The van der Waals surface area contributed by atoms with Crippen LogP contribution in [0.1, 0.15) is 70.0 Å². The molecule has 3 heteroatoms. The van der Waals surface area contributed by atoms with E-state index in [9.17, 15) is 5.11 Å². The first-order valence-corrected chi connectivity index (χ1v) is 7.41. The zero-order valence-electron chi connectivity index (χ0n) is 11.2. The van der Waals surface area contributed by atoms with Crippen molar-refractivity contribution in [2.24, 2.45) is 0 Å². The lowest BCUT2D eigenvalue weighted by Crippen LogP contribution is -1.97. The summed E-state index contributed by atoms with van der Waals surface area (Å²) in [5.41, 5.74) is 0.876. The van der Waals surface area contributed by atoms with Crippen molar-refractivity contribution in [3.8, 4) is 0 Å². The van der Waals surface area contributed by atoms with Crippen molar-refractivity contribution in [3.63, 3.8) is 0 Å². The van der Waals surface area contributed by atoms with E-state index in [0.717, 1.165) is 18.4 Å². The highest BCUT2D eigenvalue weighted by molar-refractivity contribution is 6.29. The minimum absolute atomic E-state index is 0.402. The van der Waals surface area contributed by atoms with Crippen LogP contribution in [0.25, 0.3) is 0 Å². The van der Waals surface area contributed by atoms with Crippen LogP contribution >= 0.6 is 11.6 Å². The molecule has 0 radical (unpaired) electrons. The van der Waals surface area contributed by atoms with E-state index in [1.807, 2.05) is 6.07 Å². The van der Waals surface area contributed by atoms with E-state index in [1.165, 1.54) is 38.5 Å². The molecule has 0 bridgehead atoms. The summed E-state index contributed by atoms with van der Waals surface area (Å²) in [7, 11) is 0. The van der Waals surface area contributed by atoms with E-state index in [-0.39, 0.29) is 0 Å². The second-order valence-corrected chi connectivity index (χ2v) is 5.22. The van der Waals surface area contributed by atoms with Gasteiger partial charge in [0, 0.05) is 6.20 Å². The standard InChI is InChI=1S/C15H24ClNO/c1-2-3-4-5-6-7-8-9-14(18)13-10-11-17-15(16)12-13/h10-12,14,18H,2-9H2,1H3. The van der Waals surface area contributed by atoms with Crippen LogP contribution in [-0.2, 0) is 0 Å². The molecule has 1 N–H and O–H groups in total. The number of unbranched alkanes of at least 4 members (excludes halogenated alkanes) is 6. The first-order valence-electron chi connectivity index (χ1n) is 7.03. The largest absolute Gasteiger partial charge is 0.388 e. The van der Waals surface area contributed by atoms with Gasteiger partial charge in [-0.05, 0) is 24.1 Å². The third kappa shape index (κ3) is 6.36. The zero-order valence-corrected chi connectivity index (χ0v) is 12.0. The van der Waals surface area contributed by atoms with Gasteiger partial charge in [-0.3, -0.25) is 0 Å². The topological polar surface area (TPSA) is 33.1 Å². The number of pyridine rings is 1. The Labute approximate surface area is 115 Å². The van der Waals surface area contributed by atoms with Crippen LogP contribution in [0, 0.1) is 0 Å². The lowest BCUT2D eigenvalue weighted by Gasteiger charge is -2.10. The molecule has 1 unspecified atom stereocenters. The monoisotopic (exact) mass is 269 g/mol. The summed E-state index contributed by atoms with van der Waals surface area (Å²) in [6.07, 6.45) is 10.9. The molecular formula is C15H24ClNO. The number of halogens is 1. The Bertz CT molecular complexity index is 330. The van der Waals surface area contributed by atoms with Gasteiger partial charge in [-0.1, -0.05) is 63.5 Å². The van der Waals surface area contributed by atoms with E-state index in [0.29, 0.717) is 5.15 Å². The molecule has 0 saturated heterocycles. The molecule has 0 aliphatic rings. The molecule has 2 nitrogen and oxygen atoms in total. The minimum Gasteiger partial charge on any atom is -0.388 e.